The molecule has 0 spiro atoms. The number of methoxy groups -OCH3 is 1. The Labute approximate surface area is 87.1 Å². The molecule has 78 valence electrons. The maximum Gasteiger partial charge on any atom is 0.311 e. The minimum absolute atomic E-state index is 0.104. The van der Waals surface area contributed by atoms with Gasteiger partial charge in [0.25, 0.3) is 0 Å². The lowest BCUT2D eigenvalue weighted by molar-refractivity contribution is -0.139. The van der Waals surface area contributed by atoms with Crippen molar-refractivity contribution in [1.29, 1.82) is 0 Å². The van der Waals surface area contributed by atoms with E-state index in [-0.39, 0.29) is 18.4 Å². The van der Waals surface area contributed by atoms with Gasteiger partial charge >= 0.3 is 5.97 Å². The zero-order valence-corrected chi connectivity index (χ0v) is 9.13. The summed E-state index contributed by atoms with van der Waals surface area (Å²) in [5.74, 6) is -0.261. The first kappa shape index (κ1) is 11.1. The summed E-state index contributed by atoms with van der Waals surface area (Å²) in [6.07, 6.45) is 0.998. The van der Waals surface area contributed by atoms with Crippen LogP contribution in [0.3, 0.4) is 0 Å². The van der Waals surface area contributed by atoms with Crippen molar-refractivity contribution >= 4 is 17.3 Å². The maximum atomic E-state index is 10.9. The van der Waals surface area contributed by atoms with Gasteiger partial charge in [-0.3, -0.25) is 4.79 Å². The molecular formula is C9H14N2O2S. The number of carbonyl (C=O) groups excluding carboxylic acids is 1. The molecule has 1 aromatic rings. The number of thiazole rings is 1. The van der Waals surface area contributed by atoms with Crippen molar-refractivity contribution in [1.82, 2.24) is 4.98 Å². The Morgan fingerprint density at radius 3 is 3.07 bits per heavy atom. The van der Waals surface area contributed by atoms with E-state index in [1.54, 1.807) is 0 Å². The molecule has 0 radical (unpaired) electrons. The van der Waals surface area contributed by atoms with Crippen LogP contribution in [0.15, 0.2) is 5.38 Å². The molecule has 0 saturated carbocycles. The second kappa shape index (κ2) is 5.07. The van der Waals surface area contributed by atoms with Gasteiger partial charge in [0.2, 0.25) is 0 Å². The molecule has 0 aliphatic carbocycles. The van der Waals surface area contributed by atoms with Gasteiger partial charge < -0.3 is 10.5 Å². The Kier molecular flexibility index (Phi) is 4.03. The summed E-state index contributed by atoms with van der Waals surface area (Å²) in [5.41, 5.74) is 6.40. The van der Waals surface area contributed by atoms with Crippen molar-refractivity contribution in [3.05, 3.63) is 16.1 Å². The van der Waals surface area contributed by atoms with Gasteiger partial charge in [-0.05, 0) is 6.92 Å². The molecule has 0 amide bonds. The fourth-order valence-corrected chi connectivity index (χ4v) is 1.96. The van der Waals surface area contributed by atoms with Gasteiger partial charge in [0.1, 0.15) is 0 Å². The molecule has 1 heterocycles. The summed E-state index contributed by atoms with van der Waals surface area (Å²) in [4.78, 5) is 15.2. The van der Waals surface area contributed by atoms with E-state index in [0.29, 0.717) is 0 Å². The van der Waals surface area contributed by atoms with Crippen LogP contribution in [0.5, 0.6) is 0 Å². The van der Waals surface area contributed by atoms with Crippen LogP contribution in [0.1, 0.15) is 17.6 Å². The number of esters is 1. The second-order valence-corrected chi connectivity index (χ2v) is 4.11. The predicted octanol–water partition coefficient (Wildman–Crippen LogP) is 0.748. The summed E-state index contributed by atoms with van der Waals surface area (Å²) >= 11 is 1.53. The van der Waals surface area contributed by atoms with Gasteiger partial charge in [0, 0.05) is 17.8 Å². The van der Waals surface area contributed by atoms with Crippen molar-refractivity contribution in [2.24, 2.45) is 5.73 Å². The van der Waals surface area contributed by atoms with Crippen LogP contribution in [0.4, 0.5) is 0 Å². The van der Waals surface area contributed by atoms with Crippen LogP contribution < -0.4 is 5.73 Å². The zero-order valence-electron chi connectivity index (χ0n) is 8.32. The molecule has 4 nitrogen and oxygen atoms in total. The van der Waals surface area contributed by atoms with Crippen LogP contribution in [-0.4, -0.2) is 24.1 Å². The molecule has 1 atom stereocenters. The van der Waals surface area contributed by atoms with Gasteiger partial charge in [-0.15, -0.1) is 11.3 Å². The van der Waals surface area contributed by atoms with Gasteiger partial charge in [-0.2, -0.15) is 0 Å². The second-order valence-electron chi connectivity index (χ2n) is 3.17. The topological polar surface area (TPSA) is 65.2 Å². The molecule has 0 aliphatic heterocycles. The Hall–Kier alpha value is -0.940. The number of hydrogen-bond donors (Lipinski definition) is 1. The van der Waals surface area contributed by atoms with E-state index in [9.17, 15) is 4.79 Å². The number of hydrogen-bond acceptors (Lipinski definition) is 5. The van der Waals surface area contributed by atoms with Gasteiger partial charge in [-0.25, -0.2) is 4.98 Å². The fourth-order valence-electron chi connectivity index (χ4n) is 1.02. The lowest BCUT2D eigenvalue weighted by atomic mass is 10.2. The van der Waals surface area contributed by atoms with E-state index in [4.69, 9.17) is 5.73 Å². The number of aromatic nitrogens is 1. The van der Waals surface area contributed by atoms with Crippen LogP contribution in [-0.2, 0) is 22.4 Å². The fraction of sp³-hybridized carbons (Fsp3) is 0.556. The minimum Gasteiger partial charge on any atom is -0.469 e. The number of nitrogens with two attached hydrogens (primary N) is 1. The SMILES string of the molecule is COC(=O)Cc1csc(CC(C)N)n1. The number of carbonyl (C=O) groups is 1. The summed E-state index contributed by atoms with van der Waals surface area (Å²) in [6, 6.07) is 0.104. The van der Waals surface area contributed by atoms with Crippen molar-refractivity contribution < 1.29 is 9.53 Å². The molecule has 0 aliphatic rings. The Morgan fingerprint density at radius 2 is 2.50 bits per heavy atom. The average molecular weight is 214 g/mol. The highest BCUT2D eigenvalue weighted by Crippen LogP contribution is 2.12. The Balaban J connectivity index is 2.55. The number of rotatable bonds is 4. The zero-order chi connectivity index (χ0) is 10.6. The predicted molar refractivity (Wildman–Crippen MR) is 55.2 cm³/mol. The monoisotopic (exact) mass is 214 g/mol. The molecule has 0 aromatic carbocycles. The third kappa shape index (κ3) is 3.43. The maximum absolute atomic E-state index is 10.9. The molecule has 5 heteroatoms. The summed E-state index contributed by atoms with van der Waals surface area (Å²) in [7, 11) is 1.37. The van der Waals surface area contributed by atoms with E-state index < -0.39 is 0 Å². The third-order valence-corrected chi connectivity index (χ3v) is 2.57. The van der Waals surface area contributed by atoms with E-state index in [1.807, 2.05) is 12.3 Å². The molecule has 1 rings (SSSR count). The first-order chi connectivity index (χ1) is 6.61. The number of nitrogens with zero attached hydrogens (tertiary/aromatic N) is 1. The van der Waals surface area contributed by atoms with Crippen LogP contribution in [0.25, 0.3) is 0 Å². The lowest BCUT2D eigenvalue weighted by Crippen LogP contribution is -2.17. The van der Waals surface area contributed by atoms with Crippen molar-refractivity contribution in [3.8, 4) is 0 Å². The van der Waals surface area contributed by atoms with Gasteiger partial charge in [-0.1, -0.05) is 0 Å². The van der Waals surface area contributed by atoms with Gasteiger partial charge in [0.05, 0.1) is 24.2 Å². The standard InChI is InChI=1S/C9H14N2O2S/c1-6(10)3-8-11-7(5-14-8)4-9(12)13-2/h5-6H,3-4,10H2,1-2H3. The molecule has 1 aromatic heterocycles. The molecule has 0 bridgehead atoms. The Bertz CT molecular complexity index is 310. The average Bonchev–Trinajstić information content (AvgIpc) is 2.51. The molecule has 1 unspecified atom stereocenters. The summed E-state index contributed by atoms with van der Waals surface area (Å²) < 4.78 is 4.55. The largest absolute Gasteiger partial charge is 0.469 e. The summed E-state index contributed by atoms with van der Waals surface area (Å²) in [6.45, 7) is 1.93. The van der Waals surface area contributed by atoms with E-state index in [2.05, 4.69) is 9.72 Å². The van der Waals surface area contributed by atoms with Gasteiger partial charge in [0.15, 0.2) is 0 Å². The first-order valence-corrected chi connectivity index (χ1v) is 5.25. The molecule has 2 N–H and O–H groups in total. The highest BCUT2D eigenvalue weighted by Gasteiger charge is 2.08. The quantitative estimate of drug-likeness (QED) is 0.751. The normalized spacial score (nSPS) is 12.5. The molecular weight excluding hydrogens is 200 g/mol. The lowest BCUT2D eigenvalue weighted by Gasteiger charge is -1.99. The van der Waals surface area contributed by atoms with Crippen LogP contribution in [0, 0.1) is 0 Å². The first-order valence-electron chi connectivity index (χ1n) is 4.37. The highest BCUT2D eigenvalue weighted by atomic mass is 32.1. The smallest absolute Gasteiger partial charge is 0.311 e. The van der Waals surface area contributed by atoms with E-state index in [0.717, 1.165) is 17.1 Å². The molecule has 0 fully saturated rings. The van der Waals surface area contributed by atoms with E-state index in [1.165, 1.54) is 18.4 Å². The van der Waals surface area contributed by atoms with Crippen molar-refractivity contribution in [2.75, 3.05) is 7.11 Å². The number of ether oxygens (including phenoxy) is 1. The Morgan fingerprint density at radius 1 is 1.79 bits per heavy atom. The minimum atomic E-state index is -0.261. The van der Waals surface area contributed by atoms with Crippen LogP contribution >= 0.6 is 11.3 Å². The molecule has 14 heavy (non-hydrogen) atoms. The van der Waals surface area contributed by atoms with E-state index >= 15 is 0 Å². The van der Waals surface area contributed by atoms with Crippen LogP contribution in [0.2, 0.25) is 0 Å². The van der Waals surface area contributed by atoms with Crippen molar-refractivity contribution in [3.63, 3.8) is 0 Å². The highest BCUT2D eigenvalue weighted by molar-refractivity contribution is 7.09. The van der Waals surface area contributed by atoms with Crippen molar-refractivity contribution in [2.45, 2.75) is 25.8 Å². The molecule has 0 saturated heterocycles. The summed E-state index contributed by atoms with van der Waals surface area (Å²) in [5, 5.41) is 2.84. The third-order valence-electron chi connectivity index (χ3n) is 1.65.